The Labute approximate surface area is 160 Å². The van der Waals surface area contributed by atoms with E-state index in [1.807, 2.05) is 37.7 Å². The molecule has 1 unspecified atom stereocenters. The smallest absolute Gasteiger partial charge is 0.242 e. The van der Waals surface area contributed by atoms with Gasteiger partial charge in [0, 0.05) is 12.6 Å². The summed E-state index contributed by atoms with van der Waals surface area (Å²) in [7, 11) is 1.97. The molecule has 0 radical (unpaired) electrons. The van der Waals surface area contributed by atoms with Crippen molar-refractivity contribution in [2.75, 3.05) is 13.1 Å². The predicted molar refractivity (Wildman–Crippen MR) is 109 cm³/mol. The van der Waals surface area contributed by atoms with E-state index < -0.39 is 0 Å². The van der Waals surface area contributed by atoms with Gasteiger partial charge in [0.1, 0.15) is 5.82 Å². The summed E-state index contributed by atoms with van der Waals surface area (Å²) in [5.74, 6) is 0.423. The lowest BCUT2D eigenvalue weighted by Crippen LogP contribution is -2.43. The molecule has 0 bridgehead atoms. The third-order valence-corrected chi connectivity index (χ3v) is 5.17. The van der Waals surface area contributed by atoms with E-state index in [0.29, 0.717) is 5.82 Å². The summed E-state index contributed by atoms with van der Waals surface area (Å²) in [6.45, 7) is 9.54. The first-order valence-electron chi connectivity index (χ1n) is 9.30. The van der Waals surface area contributed by atoms with Crippen LogP contribution in [-0.2, 0) is 11.8 Å². The van der Waals surface area contributed by atoms with Crippen LogP contribution in [0.4, 0.5) is 0 Å². The summed E-state index contributed by atoms with van der Waals surface area (Å²) >= 11 is 0. The number of hydrogen-bond donors (Lipinski definition) is 1. The van der Waals surface area contributed by atoms with Gasteiger partial charge >= 0.3 is 0 Å². The van der Waals surface area contributed by atoms with Crippen molar-refractivity contribution in [2.24, 2.45) is 12.0 Å². The van der Waals surface area contributed by atoms with Crippen molar-refractivity contribution < 1.29 is 4.79 Å². The van der Waals surface area contributed by atoms with Gasteiger partial charge in [-0.25, -0.2) is 9.98 Å². The number of nitrogens with one attached hydrogen (secondary N) is 1. The molecular formula is C21H27N5O. The van der Waals surface area contributed by atoms with E-state index in [1.54, 1.807) is 6.33 Å². The Morgan fingerprint density at radius 2 is 2.11 bits per heavy atom. The highest BCUT2D eigenvalue weighted by molar-refractivity contribution is 5.84. The zero-order chi connectivity index (χ0) is 19.4. The number of aryl methyl sites for hydroxylation is 2. The van der Waals surface area contributed by atoms with Gasteiger partial charge in [-0.3, -0.25) is 9.69 Å². The monoisotopic (exact) mass is 365 g/mol. The topological polar surface area (TPSA) is 62.5 Å². The molecular weight excluding hydrogens is 338 g/mol. The number of aliphatic imine (C=N–C) groups is 1. The number of carbonyl (C=O) groups is 1. The maximum Gasteiger partial charge on any atom is 0.242 e. The van der Waals surface area contributed by atoms with E-state index in [0.717, 1.165) is 48.3 Å². The highest BCUT2D eigenvalue weighted by Crippen LogP contribution is 2.23. The fourth-order valence-corrected chi connectivity index (χ4v) is 3.38. The normalized spacial score (nSPS) is 16.3. The zero-order valence-electron chi connectivity index (χ0n) is 16.3. The average molecular weight is 365 g/mol. The fourth-order valence-electron chi connectivity index (χ4n) is 3.38. The van der Waals surface area contributed by atoms with Crippen LogP contribution in [0.1, 0.15) is 30.9 Å². The molecule has 1 aliphatic rings. The van der Waals surface area contributed by atoms with E-state index in [2.05, 4.69) is 45.1 Å². The molecule has 6 nitrogen and oxygen atoms in total. The Kier molecular flexibility index (Phi) is 5.86. The Morgan fingerprint density at radius 1 is 1.37 bits per heavy atom. The summed E-state index contributed by atoms with van der Waals surface area (Å²) < 4.78 is 1.98. The van der Waals surface area contributed by atoms with Gasteiger partial charge in [0.25, 0.3) is 0 Å². The van der Waals surface area contributed by atoms with Crippen molar-refractivity contribution in [3.05, 3.63) is 47.7 Å². The second kappa shape index (κ2) is 8.31. The average Bonchev–Trinajstić information content (AvgIpc) is 3.34. The minimum Gasteiger partial charge on any atom is -0.334 e. The molecule has 1 N–H and O–H groups in total. The van der Waals surface area contributed by atoms with Crippen molar-refractivity contribution in [1.82, 2.24) is 19.8 Å². The lowest BCUT2D eigenvalue weighted by molar-refractivity contribution is -0.124. The van der Waals surface area contributed by atoms with Crippen molar-refractivity contribution in [3.8, 4) is 11.3 Å². The van der Waals surface area contributed by atoms with Gasteiger partial charge in [-0.05, 0) is 69.8 Å². The van der Waals surface area contributed by atoms with E-state index in [9.17, 15) is 4.79 Å². The molecule has 6 heteroatoms. The van der Waals surface area contributed by atoms with Crippen LogP contribution in [0.3, 0.4) is 0 Å². The summed E-state index contributed by atoms with van der Waals surface area (Å²) in [6.07, 6.45) is 7.79. The summed E-state index contributed by atoms with van der Waals surface area (Å²) in [5.41, 5.74) is 4.19. The highest BCUT2D eigenvalue weighted by atomic mass is 16.2. The number of aromatic nitrogens is 2. The van der Waals surface area contributed by atoms with Gasteiger partial charge in [-0.2, -0.15) is 0 Å². The second-order valence-corrected chi connectivity index (χ2v) is 7.06. The Hall–Kier alpha value is -2.73. The number of hydrogen-bond acceptors (Lipinski definition) is 4. The van der Waals surface area contributed by atoms with E-state index >= 15 is 0 Å². The molecule has 1 aliphatic heterocycles. The van der Waals surface area contributed by atoms with Gasteiger partial charge in [0.05, 0.1) is 24.3 Å². The predicted octanol–water partition coefficient (Wildman–Crippen LogP) is 3.00. The van der Waals surface area contributed by atoms with Gasteiger partial charge in [0.2, 0.25) is 5.91 Å². The van der Waals surface area contributed by atoms with Crippen molar-refractivity contribution in [1.29, 1.82) is 0 Å². The lowest BCUT2D eigenvalue weighted by Gasteiger charge is -2.22. The number of likely N-dealkylation sites (tertiary alicyclic amines) is 1. The van der Waals surface area contributed by atoms with Gasteiger partial charge in [-0.1, -0.05) is 12.1 Å². The largest absolute Gasteiger partial charge is 0.334 e. The van der Waals surface area contributed by atoms with Crippen LogP contribution < -0.4 is 5.32 Å². The van der Waals surface area contributed by atoms with Crippen LogP contribution in [-0.4, -0.2) is 46.2 Å². The minimum atomic E-state index is -0.167. The molecule has 142 valence electrons. The molecule has 1 saturated heterocycles. The summed E-state index contributed by atoms with van der Waals surface area (Å²) in [5, 5.41) is 2.92. The number of benzene rings is 1. The van der Waals surface area contributed by atoms with E-state index in [-0.39, 0.29) is 11.9 Å². The van der Waals surface area contributed by atoms with Gasteiger partial charge in [0.15, 0.2) is 0 Å². The van der Waals surface area contributed by atoms with E-state index in [1.165, 1.54) is 0 Å². The standard InChI is InChI=1S/C21H27N5O/c1-15-7-8-17(19-13-23-14-25(19)4)11-18(15)12-20(22-3)24-21(27)16(2)26-9-5-6-10-26/h7-8,11-14,16H,3,5-6,9-10H2,1-2,4H3,(H,24,27)/b20-12+. The maximum absolute atomic E-state index is 12.6. The van der Waals surface area contributed by atoms with Crippen molar-refractivity contribution >= 4 is 18.7 Å². The van der Waals surface area contributed by atoms with Crippen LogP contribution in [0, 0.1) is 6.92 Å². The maximum atomic E-state index is 12.6. The molecule has 1 atom stereocenters. The highest BCUT2D eigenvalue weighted by Gasteiger charge is 2.24. The molecule has 1 aromatic heterocycles. The Bertz CT molecular complexity index is 861. The molecule has 0 saturated carbocycles. The van der Waals surface area contributed by atoms with E-state index in [4.69, 9.17) is 0 Å². The van der Waals surface area contributed by atoms with Gasteiger partial charge in [-0.15, -0.1) is 0 Å². The first kappa shape index (κ1) is 19.0. The molecule has 3 rings (SSSR count). The molecule has 1 amide bonds. The lowest BCUT2D eigenvalue weighted by atomic mass is 10.0. The third-order valence-electron chi connectivity index (χ3n) is 5.17. The number of carbonyl (C=O) groups excluding carboxylic acids is 1. The van der Waals surface area contributed by atoms with Crippen LogP contribution in [0.2, 0.25) is 0 Å². The Balaban J connectivity index is 1.81. The Morgan fingerprint density at radius 3 is 2.74 bits per heavy atom. The van der Waals surface area contributed by atoms with Gasteiger partial charge < -0.3 is 9.88 Å². The SMILES string of the molecule is C=N/C(=C\c1cc(-c2cncn2C)ccc1C)NC(=O)C(C)N1CCCC1. The number of rotatable bonds is 6. The first-order valence-corrected chi connectivity index (χ1v) is 9.30. The number of imidazole rings is 1. The molecule has 0 aliphatic carbocycles. The quantitative estimate of drug-likeness (QED) is 0.801. The number of nitrogens with zero attached hydrogens (tertiary/aromatic N) is 4. The second-order valence-electron chi connectivity index (χ2n) is 7.06. The third kappa shape index (κ3) is 4.34. The van der Waals surface area contributed by atoms with Crippen LogP contribution in [0.15, 0.2) is 41.5 Å². The summed E-state index contributed by atoms with van der Waals surface area (Å²) in [4.78, 5) is 23.0. The molecule has 2 aromatic rings. The zero-order valence-corrected chi connectivity index (χ0v) is 16.3. The van der Waals surface area contributed by atoms with Crippen molar-refractivity contribution in [2.45, 2.75) is 32.7 Å². The van der Waals surface area contributed by atoms with Crippen molar-refractivity contribution in [3.63, 3.8) is 0 Å². The molecule has 1 fully saturated rings. The minimum absolute atomic E-state index is 0.0454. The molecule has 1 aromatic carbocycles. The van der Waals surface area contributed by atoms with Crippen LogP contribution >= 0.6 is 0 Å². The summed E-state index contributed by atoms with van der Waals surface area (Å²) in [6, 6.07) is 6.04. The molecule has 0 spiro atoms. The fraction of sp³-hybridized carbons (Fsp3) is 0.381. The molecule has 27 heavy (non-hydrogen) atoms. The van der Waals surface area contributed by atoms with Crippen LogP contribution in [0.5, 0.6) is 0 Å². The molecule has 2 heterocycles. The van der Waals surface area contributed by atoms with Crippen LogP contribution in [0.25, 0.3) is 17.3 Å². The first-order chi connectivity index (χ1) is 13.0. The number of amides is 1.